The average Bonchev–Trinajstić information content (AvgIpc) is 2.49. The van der Waals surface area contributed by atoms with Crippen LogP contribution in [0.25, 0.3) is 0 Å². The molecule has 0 heterocycles. The summed E-state index contributed by atoms with van der Waals surface area (Å²) in [5, 5.41) is 0. The van der Waals surface area contributed by atoms with Crippen molar-refractivity contribution in [2.75, 3.05) is 0 Å². The predicted octanol–water partition coefficient (Wildman–Crippen LogP) is 5.81. The third-order valence-electron chi connectivity index (χ3n) is 4.63. The number of allylic oxidation sites excluding steroid dienone is 1. The smallest absolute Gasteiger partial charge is 0.194 e. The van der Waals surface area contributed by atoms with Gasteiger partial charge in [0.2, 0.25) is 0 Å². The van der Waals surface area contributed by atoms with Gasteiger partial charge in [0.05, 0.1) is 0 Å². The number of hydrogen-bond donors (Lipinski definition) is 0. The monoisotopic (exact) mass is 296 g/mol. The third kappa shape index (κ3) is 4.62. The molecule has 1 aromatic rings. The maximum Gasteiger partial charge on any atom is 0.194 e. The lowest BCUT2D eigenvalue weighted by Crippen LogP contribution is -2.15. The van der Waals surface area contributed by atoms with Crippen molar-refractivity contribution < 1.29 is 13.2 Å². The van der Waals surface area contributed by atoms with Crippen LogP contribution in [-0.4, -0.2) is 0 Å². The Hall–Kier alpha value is -1.25. The van der Waals surface area contributed by atoms with Gasteiger partial charge < -0.3 is 0 Å². The topological polar surface area (TPSA) is 0 Å². The molecule has 0 nitrogen and oxygen atoms in total. The summed E-state index contributed by atoms with van der Waals surface area (Å²) in [6.07, 6.45) is 10.7. The molecule has 1 fully saturated rings. The Kier molecular flexibility index (Phi) is 5.89. The van der Waals surface area contributed by atoms with Gasteiger partial charge in [-0.2, -0.15) is 0 Å². The zero-order chi connectivity index (χ0) is 15.2. The molecule has 0 atom stereocenters. The zero-order valence-electron chi connectivity index (χ0n) is 12.4. The molecule has 0 amide bonds. The van der Waals surface area contributed by atoms with Crippen molar-refractivity contribution in [3.63, 3.8) is 0 Å². The number of benzene rings is 1. The van der Waals surface area contributed by atoms with Crippen molar-refractivity contribution in [3.05, 3.63) is 47.8 Å². The largest absolute Gasteiger partial charge is 0.204 e. The number of hydrogen-bond acceptors (Lipinski definition) is 0. The molecule has 1 aliphatic carbocycles. The normalized spacial score (nSPS) is 22.2. The van der Waals surface area contributed by atoms with Gasteiger partial charge in [0.25, 0.3) is 0 Å². The maximum absolute atomic E-state index is 13.2. The number of aryl methyl sites for hydroxylation is 1. The molecule has 3 heteroatoms. The zero-order valence-corrected chi connectivity index (χ0v) is 12.4. The number of halogens is 3. The van der Waals surface area contributed by atoms with E-state index in [2.05, 4.69) is 6.58 Å². The maximum atomic E-state index is 13.2. The van der Waals surface area contributed by atoms with Crippen LogP contribution in [0.3, 0.4) is 0 Å². The minimum Gasteiger partial charge on any atom is -0.204 e. The summed E-state index contributed by atoms with van der Waals surface area (Å²) in [4.78, 5) is 0. The molecule has 21 heavy (non-hydrogen) atoms. The van der Waals surface area contributed by atoms with Gasteiger partial charge in [-0.05, 0) is 55.2 Å². The van der Waals surface area contributed by atoms with Gasteiger partial charge in [0.1, 0.15) is 0 Å². The summed E-state index contributed by atoms with van der Waals surface area (Å²) < 4.78 is 39.2. The van der Waals surface area contributed by atoms with Crippen LogP contribution in [0.4, 0.5) is 13.2 Å². The highest BCUT2D eigenvalue weighted by Crippen LogP contribution is 2.34. The van der Waals surface area contributed by atoms with Gasteiger partial charge in [-0.15, -0.1) is 6.58 Å². The summed E-state index contributed by atoms with van der Waals surface area (Å²) in [7, 11) is 0. The fraction of sp³-hybridized carbons (Fsp3) is 0.556. The minimum atomic E-state index is -1.37. The van der Waals surface area contributed by atoms with Crippen molar-refractivity contribution in [2.45, 2.75) is 51.4 Å². The molecule has 0 aliphatic heterocycles. The van der Waals surface area contributed by atoms with Crippen LogP contribution in [0, 0.1) is 29.3 Å². The van der Waals surface area contributed by atoms with E-state index in [1.54, 1.807) is 0 Å². The molecule has 0 N–H and O–H groups in total. The first kappa shape index (κ1) is 16.1. The Bertz CT molecular complexity index is 450. The Morgan fingerprint density at radius 2 is 1.48 bits per heavy atom. The third-order valence-corrected chi connectivity index (χ3v) is 4.63. The SMILES string of the molecule is C=CCCC1CCC(CCc2cc(F)c(F)c(F)c2)CC1. The van der Waals surface area contributed by atoms with Crippen molar-refractivity contribution in [1.29, 1.82) is 0 Å². The number of rotatable bonds is 6. The van der Waals surface area contributed by atoms with Crippen LogP contribution in [0.1, 0.15) is 50.5 Å². The van der Waals surface area contributed by atoms with Crippen LogP contribution in [0.5, 0.6) is 0 Å². The van der Waals surface area contributed by atoms with Crippen LogP contribution in [0.2, 0.25) is 0 Å². The molecule has 0 spiro atoms. The Morgan fingerprint density at radius 1 is 0.952 bits per heavy atom. The second-order valence-corrected chi connectivity index (χ2v) is 6.16. The Morgan fingerprint density at radius 3 is 2.00 bits per heavy atom. The fourth-order valence-electron chi connectivity index (χ4n) is 3.29. The summed E-state index contributed by atoms with van der Waals surface area (Å²) in [6, 6.07) is 2.24. The highest BCUT2D eigenvalue weighted by atomic mass is 19.2. The molecule has 1 saturated carbocycles. The standard InChI is InChI=1S/C18H23F3/c1-2-3-4-13-5-7-14(8-6-13)9-10-15-11-16(19)18(21)17(20)12-15/h2,11-14H,1,3-10H2. The van der Waals surface area contributed by atoms with Gasteiger partial charge in [0.15, 0.2) is 17.5 Å². The van der Waals surface area contributed by atoms with E-state index in [0.717, 1.165) is 30.9 Å². The summed E-state index contributed by atoms with van der Waals surface area (Å²) in [6.45, 7) is 3.76. The van der Waals surface area contributed by atoms with Gasteiger partial charge in [0, 0.05) is 0 Å². The lowest BCUT2D eigenvalue weighted by Gasteiger charge is -2.28. The lowest BCUT2D eigenvalue weighted by molar-refractivity contribution is 0.254. The predicted molar refractivity (Wildman–Crippen MR) is 79.5 cm³/mol. The highest BCUT2D eigenvalue weighted by Gasteiger charge is 2.20. The summed E-state index contributed by atoms with van der Waals surface area (Å²) >= 11 is 0. The molecule has 0 radical (unpaired) electrons. The quantitative estimate of drug-likeness (QED) is 0.459. The van der Waals surface area contributed by atoms with E-state index in [1.165, 1.54) is 32.1 Å². The molecule has 0 saturated heterocycles. The lowest BCUT2D eigenvalue weighted by atomic mass is 9.78. The van der Waals surface area contributed by atoms with Gasteiger partial charge in [-0.1, -0.05) is 31.8 Å². The van der Waals surface area contributed by atoms with E-state index < -0.39 is 17.5 Å². The van der Waals surface area contributed by atoms with E-state index in [4.69, 9.17) is 0 Å². The van der Waals surface area contributed by atoms with Crippen LogP contribution >= 0.6 is 0 Å². The minimum absolute atomic E-state index is 0.556. The summed E-state index contributed by atoms with van der Waals surface area (Å²) in [5.41, 5.74) is 0.556. The van der Waals surface area contributed by atoms with E-state index in [1.807, 2.05) is 6.08 Å². The van der Waals surface area contributed by atoms with Crippen LogP contribution in [-0.2, 0) is 6.42 Å². The first-order valence-electron chi connectivity index (χ1n) is 7.84. The van der Waals surface area contributed by atoms with Gasteiger partial charge >= 0.3 is 0 Å². The van der Waals surface area contributed by atoms with Gasteiger partial charge in [-0.25, -0.2) is 13.2 Å². The molecule has 0 aromatic heterocycles. The van der Waals surface area contributed by atoms with Crippen molar-refractivity contribution in [1.82, 2.24) is 0 Å². The van der Waals surface area contributed by atoms with Gasteiger partial charge in [-0.3, -0.25) is 0 Å². The second-order valence-electron chi connectivity index (χ2n) is 6.16. The van der Waals surface area contributed by atoms with E-state index in [9.17, 15) is 13.2 Å². The molecule has 1 aromatic carbocycles. The van der Waals surface area contributed by atoms with Crippen LogP contribution in [0.15, 0.2) is 24.8 Å². The van der Waals surface area contributed by atoms with E-state index in [0.29, 0.717) is 17.9 Å². The molecular formula is C18H23F3. The van der Waals surface area contributed by atoms with E-state index in [-0.39, 0.29) is 0 Å². The Labute approximate surface area is 125 Å². The van der Waals surface area contributed by atoms with Crippen LogP contribution < -0.4 is 0 Å². The first-order chi connectivity index (χ1) is 10.1. The first-order valence-corrected chi connectivity index (χ1v) is 7.84. The molecule has 0 bridgehead atoms. The van der Waals surface area contributed by atoms with E-state index >= 15 is 0 Å². The summed E-state index contributed by atoms with van der Waals surface area (Å²) in [5.74, 6) is -2.11. The fourth-order valence-corrected chi connectivity index (χ4v) is 3.29. The van der Waals surface area contributed by atoms with Crippen molar-refractivity contribution in [2.24, 2.45) is 11.8 Å². The molecule has 116 valence electrons. The molecule has 1 aliphatic rings. The van der Waals surface area contributed by atoms with Crippen molar-refractivity contribution >= 4 is 0 Å². The highest BCUT2D eigenvalue weighted by molar-refractivity contribution is 5.19. The van der Waals surface area contributed by atoms with Crippen molar-refractivity contribution in [3.8, 4) is 0 Å². The molecule has 2 rings (SSSR count). The molecule has 0 unspecified atom stereocenters. The average molecular weight is 296 g/mol. The second kappa shape index (κ2) is 7.67. The Balaban J connectivity index is 1.78. The molecular weight excluding hydrogens is 273 g/mol.